The lowest BCUT2D eigenvalue weighted by molar-refractivity contribution is 1.07. The van der Waals surface area contributed by atoms with Crippen LogP contribution in [0.2, 0.25) is 5.02 Å². The topological polar surface area (TPSA) is 24.9 Å². The Hall–Kier alpha value is -0.550. The summed E-state index contributed by atoms with van der Waals surface area (Å²) in [4.78, 5) is 4.69. The van der Waals surface area contributed by atoms with E-state index in [1.54, 1.807) is 0 Å². The quantitative estimate of drug-likeness (QED) is 0.803. The summed E-state index contributed by atoms with van der Waals surface area (Å²) in [7, 11) is 1.95. The van der Waals surface area contributed by atoms with E-state index in [0.717, 1.165) is 37.3 Å². The van der Waals surface area contributed by atoms with Gasteiger partial charge in [-0.05, 0) is 53.6 Å². The van der Waals surface area contributed by atoms with Crippen LogP contribution in [0.25, 0.3) is 10.9 Å². The molecule has 0 bridgehead atoms. The zero-order chi connectivity index (χ0) is 12.6. The largest absolute Gasteiger partial charge is 0.387 e. The molecule has 0 fully saturated rings. The third-order valence-electron chi connectivity index (χ3n) is 2.92. The maximum Gasteiger partial charge on any atom is 0.0860 e. The van der Waals surface area contributed by atoms with Crippen molar-refractivity contribution in [1.29, 1.82) is 0 Å². The van der Waals surface area contributed by atoms with Gasteiger partial charge in [0.05, 0.1) is 5.52 Å². The van der Waals surface area contributed by atoms with E-state index in [4.69, 9.17) is 11.6 Å². The Bertz CT molecular complexity index is 581. The Morgan fingerprint density at radius 2 is 2.12 bits per heavy atom. The van der Waals surface area contributed by atoms with Crippen molar-refractivity contribution >= 4 is 50.8 Å². The number of aryl methyl sites for hydroxylation is 1. The van der Waals surface area contributed by atoms with E-state index < -0.39 is 0 Å². The van der Waals surface area contributed by atoms with Crippen LogP contribution in [-0.2, 0) is 6.42 Å². The number of nitrogens with one attached hydrogen (secondary N) is 1. The molecular formula is C13H14ClIN2. The highest BCUT2D eigenvalue weighted by molar-refractivity contribution is 14.1. The van der Waals surface area contributed by atoms with Gasteiger partial charge in [-0.2, -0.15) is 0 Å². The molecule has 0 saturated heterocycles. The van der Waals surface area contributed by atoms with Crippen LogP contribution < -0.4 is 5.32 Å². The summed E-state index contributed by atoms with van der Waals surface area (Å²) in [6.45, 7) is 4.20. The van der Waals surface area contributed by atoms with Crippen molar-refractivity contribution in [3.63, 3.8) is 0 Å². The molecule has 0 aliphatic rings. The van der Waals surface area contributed by atoms with Gasteiger partial charge in [0.15, 0.2) is 0 Å². The molecule has 0 aliphatic carbocycles. The van der Waals surface area contributed by atoms with Gasteiger partial charge < -0.3 is 5.32 Å². The van der Waals surface area contributed by atoms with Gasteiger partial charge in [0, 0.05) is 32.4 Å². The van der Waals surface area contributed by atoms with Crippen LogP contribution in [-0.4, -0.2) is 12.0 Å². The number of hydrogen-bond donors (Lipinski definition) is 1. The third kappa shape index (κ3) is 2.22. The molecule has 17 heavy (non-hydrogen) atoms. The minimum atomic E-state index is 0.756. The summed E-state index contributed by atoms with van der Waals surface area (Å²) in [5.74, 6) is 0. The lowest BCUT2D eigenvalue weighted by Crippen LogP contribution is -2.02. The SMILES string of the molecule is CCc1c(C)nc2c(I)cc(Cl)cc2c1NC. The van der Waals surface area contributed by atoms with Gasteiger partial charge in [-0.3, -0.25) is 4.98 Å². The maximum absolute atomic E-state index is 6.13. The smallest absolute Gasteiger partial charge is 0.0860 e. The number of rotatable bonds is 2. The molecule has 2 aromatic rings. The number of pyridine rings is 1. The molecule has 2 nitrogen and oxygen atoms in total. The molecule has 2 rings (SSSR count). The maximum atomic E-state index is 6.13. The Morgan fingerprint density at radius 1 is 1.41 bits per heavy atom. The predicted octanol–water partition coefficient (Wildman–Crippen LogP) is 4.41. The summed E-state index contributed by atoms with van der Waals surface area (Å²) in [6, 6.07) is 3.93. The van der Waals surface area contributed by atoms with E-state index in [1.165, 1.54) is 5.56 Å². The number of aromatic nitrogens is 1. The molecule has 0 radical (unpaired) electrons. The van der Waals surface area contributed by atoms with E-state index in [-0.39, 0.29) is 0 Å². The summed E-state index contributed by atoms with van der Waals surface area (Å²) >= 11 is 8.41. The molecule has 1 heterocycles. The Labute approximate surface area is 120 Å². The number of nitrogens with zero attached hydrogens (tertiary/aromatic N) is 1. The second-order valence-electron chi connectivity index (χ2n) is 3.94. The van der Waals surface area contributed by atoms with Crippen LogP contribution >= 0.6 is 34.2 Å². The summed E-state index contributed by atoms with van der Waals surface area (Å²) < 4.78 is 1.09. The van der Waals surface area contributed by atoms with Gasteiger partial charge in [-0.1, -0.05) is 18.5 Å². The standard InChI is InChI=1S/C13H14ClIN2/c1-4-9-7(2)17-13-10(12(9)16-3)5-8(14)6-11(13)15/h5-6H,4H2,1-3H3,(H,16,17). The summed E-state index contributed by atoms with van der Waals surface area (Å²) in [5, 5.41) is 5.14. The van der Waals surface area contributed by atoms with Gasteiger partial charge in [0.25, 0.3) is 0 Å². The van der Waals surface area contributed by atoms with Gasteiger partial charge in [-0.15, -0.1) is 0 Å². The molecule has 1 aromatic carbocycles. The molecule has 90 valence electrons. The zero-order valence-corrected chi connectivity index (χ0v) is 13.0. The number of fused-ring (bicyclic) bond motifs is 1. The second-order valence-corrected chi connectivity index (χ2v) is 5.54. The first-order chi connectivity index (χ1) is 8.08. The molecule has 4 heteroatoms. The fourth-order valence-electron chi connectivity index (χ4n) is 2.17. The molecule has 0 amide bonds. The van der Waals surface area contributed by atoms with Gasteiger partial charge in [0.2, 0.25) is 0 Å². The lowest BCUT2D eigenvalue weighted by atomic mass is 10.0. The highest BCUT2D eigenvalue weighted by Crippen LogP contribution is 2.33. The molecule has 0 saturated carbocycles. The molecular weight excluding hydrogens is 347 g/mol. The van der Waals surface area contributed by atoms with E-state index >= 15 is 0 Å². The van der Waals surface area contributed by atoms with Crippen molar-refractivity contribution in [1.82, 2.24) is 4.98 Å². The molecule has 0 unspecified atom stereocenters. The van der Waals surface area contributed by atoms with Gasteiger partial charge in [0.1, 0.15) is 0 Å². The lowest BCUT2D eigenvalue weighted by Gasteiger charge is -2.14. The van der Waals surface area contributed by atoms with E-state index in [2.05, 4.69) is 46.7 Å². The number of hydrogen-bond acceptors (Lipinski definition) is 2. The summed E-state index contributed by atoms with van der Waals surface area (Å²) in [6.07, 6.45) is 0.966. The number of anilines is 1. The average molecular weight is 361 g/mol. The van der Waals surface area contributed by atoms with Crippen LogP contribution in [0.1, 0.15) is 18.2 Å². The number of benzene rings is 1. The fourth-order valence-corrected chi connectivity index (χ4v) is 3.32. The average Bonchev–Trinajstić information content (AvgIpc) is 2.28. The first kappa shape index (κ1) is 12.9. The molecule has 0 spiro atoms. The van der Waals surface area contributed by atoms with Crippen molar-refractivity contribution in [2.75, 3.05) is 12.4 Å². The van der Waals surface area contributed by atoms with Crippen LogP contribution in [0.4, 0.5) is 5.69 Å². The monoisotopic (exact) mass is 360 g/mol. The van der Waals surface area contributed by atoms with Gasteiger partial charge in [-0.25, -0.2) is 0 Å². The minimum Gasteiger partial charge on any atom is -0.387 e. The molecule has 1 aromatic heterocycles. The normalized spacial score (nSPS) is 10.9. The first-order valence-electron chi connectivity index (χ1n) is 5.54. The van der Waals surface area contributed by atoms with Crippen LogP contribution in [0, 0.1) is 10.5 Å². The van der Waals surface area contributed by atoms with Crippen molar-refractivity contribution < 1.29 is 0 Å². The van der Waals surface area contributed by atoms with E-state index in [1.807, 2.05) is 19.2 Å². The van der Waals surface area contributed by atoms with Crippen molar-refractivity contribution in [2.45, 2.75) is 20.3 Å². The highest BCUT2D eigenvalue weighted by atomic mass is 127. The zero-order valence-electron chi connectivity index (χ0n) is 10.1. The Balaban J connectivity index is 2.93. The molecule has 1 N–H and O–H groups in total. The highest BCUT2D eigenvalue weighted by Gasteiger charge is 2.12. The van der Waals surface area contributed by atoms with Crippen molar-refractivity contribution in [3.8, 4) is 0 Å². The van der Waals surface area contributed by atoms with Crippen LogP contribution in [0.3, 0.4) is 0 Å². The van der Waals surface area contributed by atoms with Crippen molar-refractivity contribution in [2.24, 2.45) is 0 Å². The molecule has 0 atom stereocenters. The third-order valence-corrected chi connectivity index (χ3v) is 3.96. The van der Waals surface area contributed by atoms with Crippen LogP contribution in [0.5, 0.6) is 0 Å². The molecule has 0 aliphatic heterocycles. The van der Waals surface area contributed by atoms with Crippen LogP contribution in [0.15, 0.2) is 12.1 Å². The van der Waals surface area contributed by atoms with E-state index in [0.29, 0.717) is 0 Å². The fraction of sp³-hybridized carbons (Fsp3) is 0.308. The Kier molecular flexibility index (Phi) is 3.78. The minimum absolute atomic E-state index is 0.756. The second kappa shape index (κ2) is 4.98. The Morgan fingerprint density at radius 3 is 2.71 bits per heavy atom. The first-order valence-corrected chi connectivity index (χ1v) is 7.00. The van der Waals surface area contributed by atoms with E-state index in [9.17, 15) is 0 Å². The predicted molar refractivity (Wildman–Crippen MR) is 83.1 cm³/mol. The van der Waals surface area contributed by atoms with Gasteiger partial charge >= 0.3 is 0 Å². The number of halogens is 2. The van der Waals surface area contributed by atoms with Crippen molar-refractivity contribution in [3.05, 3.63) is 32.0 Å². The summed E-state index contributed by atoms with van der Waals surface area (Å²) in [5.41, 5.74) is 4.52.